The lowest BCUT2D eigenvalue weighted by molar-refractivity contribution is -0.693. The zero-order valence-electron chi connectivity index (χ0n) is 13.6. The van der Waals surface area contributed by atoms with Crippen molar-refractivity contribution in [3.05, 3.63) is 29.3 Å². The molecule has 118 valence electrons. The molecular formula is C18H30NO2+. The van der Waals surface area contributed by atoms with E-state index in [4.69, 9.17) is 4.74 Å². The Morgan fingerprint density at radius 1 is 1.29 bits per heavy atom. The van der Waals surface area contributed by atoms with Crippen LogP contribution in [0.3, 0.4) is 0 Å². The van der Waals surface area contributed by atoms with Gasteiger partial charge in [0.15, 0.2) is 0 Å². The third-order valence-corrected chi connectivity index (χ3v) is 4.36. The monoisotopic (exact) mass is 292 g/mol. The van der Waals surface area contributed by atoms with Crippen LogP contribution in [0.2, 0.25) is 0 Å². The normalized spacial score (nSPS) is 17.4. The van der Waals surface area contributed by atoms with E-state index in [-0.39, 0.29) is 0 Å². The van der Waals surface area contributed by atoms with E-state index >= 15 is 0 Å². The molecule has 1 fully saturated rings. The number of quaternary nitrogens is 1. The second-order valence-electron chi connectivity index (χ2n) is 6.68. The molecule has 3 heteroatoms. The van der Waals surface area contributed by atoms with Gasteiger partial charge in [0.05, 0.1) is 6.04 Å². The maximum absolute atomic E-state index is 10.1. The van der Waals surface area contributed by atoms with Gasteiger partial charge in [0.1, 0.15) is 25.0 Å². The van der Waals surface area contributed by atoms with Gasteiger partial charge in [0.2, 0.25) is 0 Å². The fraction of sp³-hybridized carbons (Fsp3) is 0.667. The molecule has 3 N–H and O–H groups in total. The van der Waals surface area contributed by atoms with E-state index < -0.39 is 6.10 Å². The fourth-order valence-electron chi connectivity index (χ4n) is 3.04. The SMILES string of the molecule is Cc1ccc(C(C)C)c(OC[C@H](O)C[NH2+]C2CCCC2)c1. The molecule has 0 aliphatic heterocycles. The maximum Gasteiger partial charge on any atom is 0.137 e. The standard InChI is InChI=1S/C18H29NO2/c1-13(2)17-9-8-14(3)10-18(17)21-12-16(20)11-19-15-6-4-5-7-15/h8-10,13,15-16,19-20H,4-7,11-12H2,1-3H3/p+1/t16-/m1/s1. The van der Waals surface area contributed by atoms with Crippen LogP contribution in [0.15, 0.2) is 18.2 Å². The summed E-state index contributed by atoms with van der Waals surface area (Å²) in [5.41, 5.74) is 2.41. The molecule has 3 nitrogen and oxygen atoms in total. The summed E-state index contributed by atoms with van der Waals surface area (Å²) in [5, 5.41) is 12.4. The summed E-state index contributed by atoms with van der Waals surface area (Å²) in [4.78, 5) is 0. The Morgan fingerprint density at radius 2 is 2.00 bits per heavy atom. The average Bonchev–Trinajstić information content (AvgIpc) is 2.96. The van der Waals surface area contributed by atoms with Gasteiger partial charge in [0.25, 0.3) is 0 Å². The minimum Gasteiger partial charge on any atom is -0.490 e. The van der Waals surface area contributed by atoms with Crippen molar-refractivity contribution in [2.75, 3.05) is 13.2 Å². The largest absolute Gasteiger partial charge is 0.490 e. The number of aryl methyl sites for hydroxylation is 1. The number of hydrogen-bond acceptors (Lipinski definition) is 2. The van der Waals surface area contributed by atoms with E-state index in [9.17, 15) is 5.11 Å². The first-order valence-corrected chi connectivity index (χ1v) is 8.31. The summed E-state index contributed by atoms with van der Waals surface area (Å²) in [7, 11) is 0. The molecule has 0 unspecified atom stereocenters. The third-order valence-electron chi connectivity index (χ3n) is 4.36. The van der Waals surface area contributed by atoms with Crippen LogP contribution in [-0.4, -0.2) is 30.4 Å². The van der Waals surface area contributed by atoms with Crippen molar-refractivity contribution in [1.29, 1.82) is 0 Å². The van der Waals surface area contributed by atoms with Crippen LogP contribution in [0, 0.1) is 6.92 Å². The van der Waals surface area contributed by atoms with Crippen molar-refractivity contribution in [1.82, 2.24) is 0 Å². The van der Waals surface area contributed by atoms with Gasteiger partial charge in [-0.15, -0.1) is 0 Å². The van der Waals surface area contributed by atoms with E-state index in [1.165, 1.54) is 36.8 Å². The van der Waals surface area contributed by atoms with Crippen LogP contribution < -0.4 is 10.1 Å². The molecule has 0 radical (unpaired) electrons. The third kappa shape index (κ3) is 5.01. The van der Waals surface area contributed by atoms with Crippen LogP contribution in [0.1, 0.15) is 56.6 Å². The highest BCUT2D eigenvalue weighted by molar-refractivity contribution is 5.39. The Kier molecular flexibility index (Phi) is 6.07. The molecule has 1 aliphatic rings. The number of aliphatic hydroxyl groups is 1. The van der Waals surface area contributed by atoms with Gasteiger partial charge < -0.3 is 15.2 Å². The van der Waals surface area contributed by atoms with Crippen LogP contribution in [-0.2, 0) is 0 Å². The molecule has 1 aliphatic carbocycles. The first-order valence-electron chi connectivity index (χ1n) is 8.31. The lowest BCUT2D eigenvalue weighted by Crippen LogP contribution is -2.91. The van der Waals surface area contributed by atoms with Gasteiger partial charge in [-0.2, -0.15) is 0 Å². The molecular weight excluding hydrogens is 262 g/mol. The molecule has 0 aromatic heterocycles. The second kappa shape index (κ2) is 7.81. The number of hydrogen-bond donors (Lipinski definition) is 2. The van der Waals surface area contributed by atoms with E-state index in [1.807, 2.05) is 0 Å². The van der Waals surface area contributed by atoms with E-state index in [0.717, 1.165) is 12.3 Å². The van der Waals surface area contributed by atoms with Crippen LogP contribution >= 0.6 is 0 Å². The highest BCUT2D eigenvalue weighted by atomic mass is 16.5. The van der Waals surface area contributed by atoms with Crippen molar-refractivity contribution < 1.29 is 15.2 Å². The van der Waals surface area contributed by atoms with Crippen molar-refractivity contribution in [3.63, 3.8) is 0 Å². The zero-order chi connectivity index (χ0) is 15.2. The minimum absolute atomic E-state index is 0.381. The molecule has 0 heterocycles. The first-order chi connectivity index (χ1) is 10.1. The molecule has 0 amide bonds. The van der Waals surface area contributed by atoms with Crippen molar-refractivity contribution in [2.45, 2.75) is 64.5 Å². The number of rotatable bonds is 7. The van der Waals surface area contributed by atoms with E-state index in [1.54, 1.807) is 0 Å². The number of nitrogens with two attached hydrogens (primary N) is 1. The first kappa shape index (κ1) is 16.3. The van der Waals surface area contributed by atoms with Crippen molar-refractivity contribution in [3.8, 4) is 5.75 Å². The molecule has 1 aromatic rings. The zero-order valence-corrected chi connectivity index (χ0v) is 13.6. The summed E-state index contributed by atoms with van der Waals surface area (Å²) in [6.07, 6.45) is 4.88. The Labute approximate surface area is 128 Å². The predicted molar refractivity (Wildman–Crippen MR) is 85.8 cm³/mol. The highest BCUT2D eigenvalue weighted by Crippen LogP contribution is 2.27. The molecule has 1 saturated carbocycles. The Morgan fingerprint density at radius 3 is 2.67 bits per heavy atom. The topological polar surface area (TPSA) is 46.1 Å². The molecule has 1 aromatic carbocycles. The predicted octanol–water partition coefficient (Wildman–Crippen LogP) is 2.36. The molecule has 2 rings (SSSR count). The van der Waals surface area contributed by atoms with Gasteiger partial charge >= 0.3 is 0 Å². The lowest BCUT2D eigenvalue weighted by atomic mass is 10.0. The molecule has 0 spiro atoms. The Hall–Kier alpha value is -1.06. The summed E-state index contributed by atoms with van der Waals surface area (Å²) in [5.74, 6) is 1.35. The van der Waals surface area contributed by atoms with Crippen LogP contribution in [0.5, 0.6) is 5.75 Å². The second-order valence-corrected chi connectivity index (χ2v) is 6.68. The maximum atomic E-state index is 10.1. The summed E-state index contributed by atoms with van der Waals surface area (Å²) in [6, 6.07) is 7.03. The van der Waals surface area contributed by atoms with Crippen LogP contribution in [0.25, 0.3) is 0 Å². The highest BCUT2D eigenvalue weighted by Gasteiger charge is 2.19. The minimum atomic E-state index is -0.397. The number of aliphatic hydroxyl groups excluding tert-OH is 1. The molecule has 21 heavy (non-hydrogen) atoms. The molecule has 0 bridgehead atoms. The van der Waals surface area contributed by atoms with Gasteiger partial charge in [-0.25, -0.2) is 0 Å². The quantitative estimate of drug-likeness (QED) is 0.810. The van der Waals surface area contributed by atoms with Gasteiger partial charge in [-0.05, 0) is 55.7 Å². The number of benzene rings is 1. The molecule has 1 atom stereocenters. The smallest absolute Gasteiger partial charge is 0.137 e. The van der Waals surface area contributed by atoms with E-state index in [2.05, 4.69) is 44.3 Å². The summed E-state index contributed by atoms with van der Waals surface area (Å²) >= 11 is 0. The van der Waals surface area contributed by atoms with Crippen LogP contribution in [0.4, 0.5) is 0 Å². The summed E-state index contributed by atoms with van der Waals surface area (Å²) in [6.45, 7) is 7.53. The van der Waals surface area contributed by atoms with Gasteiger partial charge in [-0.1, -0.05) is 26.0 Å². The Balaban J connectivity index is 1.82. The molecule has 0 saturated heterocycles. The number of ether oxygens (including phenoxy) is 1. The van der Waals surface area contributed by atoms with E-state index in [0.29, 0.717) is 18.6 Å². The summed E-state index contributed by atoms with van der Waals surface area (Å²) < 4.78 is 5.89. The van der Waals surface area contributed by atoms with Crippen molar-refractivity contribution >= 4 is 0 Å². The van der Waals surface area contributed by atoms with Gasteiger partial charge in [0, 0.05) is 0 Å². The lowest BCUT2D eigenvalue weighted by Gasteiger charge is -2.17. The van der Waals surface area contributed by atoms with Crippen molar-refractivity contribution in [2.24, 2.45) is 0 Å². The fourth-order valence-corrected chi connectivity index (χ4v) is 3.04. The Bertz CT molecular complexity index is 439. The van der Waals surface area contributed by atoms with Gasteiger partial charge in [-0.3, -0.25) is 0 Å². The average molecular weight is 292 g/mol.